The van der Waals surface area contributed by atoms with Crippen molar-refractivity contribution in [3.05, 3.63) is 41.6 Å². The van der Waals surface area contributed by atoms with Crippen LogP contribution in [0.15, 0.2) is 30.3 Å². The number of hydrogen-bond acceptors (Lipinski definition) is 3. The van der Waals surface area contributed by atoms with E-state index < -0.39 is 5.97 Å². The number of carboxylic acid groups (broad SMARTS) is 1. The fourth-order valence-electron chi connectivity index (χ4n) is 3.38. The highest BCUT2D eigenvalue weighted by Crippen LogP contribution is 2.26. The van der Waals surface area contributed by atoms with E-state index in [1.807, 2.05) is 19.9 Å². The number of carbonyl (C=O) groups is 1. The summed E-state index contributed by atoms with van der Waals surface area (Å²) < 4.78 is 0. The molecule has 0 radical (unpaired) electrons. The van der Waals surface area contributed by atoms with E-state index >= 15 is 0 Å². The molecule has 22 heavy (non-hydrogen) atoms. The van der Waals surface area contributed by atoms with Crippen molar-refractivity contribution >= 4 is 16.9 Å². The molecule has 0 spiro atoms. The lowest BCUT2D eigenvalue weighted by atomic mass is 9.90. The Morgan fingerprint density at radius 3 is 2.95 bits per heavy atom. The summed E-state index contributed by atoms with van der Waals surface area (Å²) in [6, 6.07) is 10.5. The third-order valence-corrected chi connectivity index (χ3v) is 4.71. The molecular formula is C18H22N2O2. The van der Waals surface area contributed by atoms with Gasteiger partial charge in [0, 0.05) is 23.7 Å². The predicted octanol–water partition coefficient (Wildman–Crippen LogP) is 3.23. The zero-order valence-corrected chi connectivity index (χ0v) is 13.1. The molecule has 0 saturated carbocycles. The Kier molecular flexibility index (Phi) is 4.12. The number of aryl methyl sites for hydroxylation is 1. The fraction of sp³-hybridized carbons (Fsp3) is 0.444. The van der Waals surface area contributed by atoms with E-state index in [1.165, 1.54) is 5.56 Å². The molecular weight excluding hydrogens is 276 g/mol. The molecule has 0 aliphatic carbocycles. The molecule has 4 heteroatoms. The highest BCUT2D eigenvalue weighted by Gasteiger charge is 2.32. The van der Waals surface area contributed by atoms with Gasteiger partial charge in [0.1, 0.15) is 0 Å². The van der Waals surface area contributed by atoms with Crippen LogP contribution in [-0.2, 0) is 11.3 Å². The van der Waals surface area contributed by atoms with Gasteiger partial charge in [0.05, 0.1) is 11.4 Å². The van der Waals surface area contributed by atoms with Gasteiger partial charge in [-0.1, -0.05) is 12.1 Å². The van der Waals surface area contributed by atoms with Crippen molar-refractivity contribution in [3.63, 3.8) is 0 Å². The second-order valence-electron chi connectivity index (χ2n) is 6.28. The van der Waals surface area contributed by atoms with Gasteiger partial charge in [-0.2, -0.15) is 0 Å². The molecule has 0 amide bonds. The Hall–Kier alpha value is -1.94. The number of aliphatic carboxylic acids is 1. The monoisotopic (exact) mass is 298 g/mol. The molecule has 2 atom stereocenters. The zero-order valence-electron chi connectivity index (χ0n) is 13.1. The number of carboxylic acids is 1. The number of likely N-dealkylation sites (tertiary alicyclic amines) is 1. The number of fused-ring (bicyclic) bond motifs is 1. The topological polar surface area (TPSA) is 53.4 Å². The van der Waals surface area contributed by atoms with Crippen molar-refractivity contribution < 1.29 is 9.90 Å². The summed E-state index contributed by atoms with van der Waals surface area (Å²) in [5.74, 6) is -0.922. The number of hydrogen-bond donors (Lipinski definition) is 1. The van der Waals surface area contributed by atoms with Crippen molar-refractivity contribution in [2.45, 2.75) is 39.3 Å². The van der Waals surface area contributed by atoms with Crippen LogP contribution in [0.5, 0.6) is 0 Å². The van der Waals surface area contributed by atoms with Gasteiger partial charge < -0.3 is 5.11 Å². The molecule has 0 bridgehead atoms. The highest BCUT2D eigenvalue weighted by atomic mass is 16.4. The molecule has 0 unspecified atom stereocenters. The van der Waals surface area contributed by atoms with Gasteiger partial charge in [-0.05, 0) is 57.0 Å². The third-order valence-electron chi connectivity index (χ3n) is 4.71. The van der Waals surface area contributed by atoms with E-state index in [4.69, 9.17) is 0 Å². The predicted molar refractivity (Wildman–Crippen MR) is 86.7 cm³/mol. The summed E-state index contributed by atoms with van der Waals surface area (Å²) in [7, 11) is 0. The van der Waals surface area contributed by atoms with Gasteiger partial charge in [-0.25, -0.2) is 0 Å². The molecule has 2 aromatic rings. The lowest BCUT2D eigenvalue weighted by Gasteiger charge is -2.37. The van der Waals surface area contributed by atoms with Crippen molar-refractivity contribution in [1.29, 1.82) is 0 Å². The fourth-order valence-corrected chi connectivity index (χ4v) is 3.38. The largest absolute Gasteiger partial charge is 0.481 e. The average Bonchev–Trinajstić information content (AvgIpc) is 2.49. The van der Waals surface area contributed by atoms with Crippen LogP contribution < -0.4 is 0 Å². The summed E-state index contributed by atoms with van der Waals surface area (Å²) in [5, 5.41) is 10.5. The van der Waals surface area contributed by atoms with E-state index in [-0.39, 0.29) is 12.0 Å². The van der Waals surface area contributed by atoms with Gasteiger partial charge in [-0.15, -0.1) is 0 Å². The number of nitrogens with zero attached hydrogens (tertiary/aromatic N) is 2. The Morgan fingerprint density at radius 1 is 1.36 bits per heavy atom. The van der Waals surface area contributed by atoms with E-state index in [9.17, 15) is 9.90 Å². The van der Waals surface area contributed by atoms with Crippen LogP contribution in [0.2, 0.25) is 0 Å². The van der Waals surface area contributed by atoms with E-state index in [2.05, 4.69) is 34.1 Å². The van der Waals surface area contributed by atoms with Gasteiger partial charge in [0.2, 0.25) is 0 Å². The maximum absolute atomic E-state index is 11.3. The summed E-state index contributed by atoms with van der Waals surface area (Å²) in [4.78, 5) is 18.1. The Labute approximate surface area is 130 Å². The Balaban J connectivity index is 1.80. The lowest BCUT2D eigenvalue weighted by Crippen LogP contribution is -2.45. The first-order valence-electron chi connectivity index (χ1n) is 7.88. The molecule has 2 heterocycles. The Morgan fingerprint density at radius 2 is 2.18 bits per heavy atom. The van der Waals surface area contributed by atoms with Crippen LogP contribution in [0.25, 0.3) is 10.9 Å². The first kappa shape index (κ1) is 15.0. The van der Waals surface area contributed by atoms with Gasteiger partial charge in [0.15, 0.2) is 0 Å². The first-order valence-corrected chi connectivity index (χ1v) is 7.88. The second-order valence-corrected chi connectivity index (χ2v) is 6.28. The van der Waals surface area contributed by atoms with Crippen LogP contribution in [-0.4, -0.2) is 33.5 Å². The van der Waals surface area contributed by atoms with Crippen molar-refractivity contribution in [2.75, 3.05) is 6.54 Å². The van der Waals surface area contributed by atoms with Gasteiger partial charge in [0.25, 0.3) is 0 Å². The number of rotatable bonds is 3. The van der Waals surface area contributed by atoms with E-state index in [0.29, 0.717) is 0 Å². The Bertz CT molecular complexity index is 699. The minimum Gasteiger partial charge on any atom is -0.481 e. The maximum Gasteiger partial charge on any atom is 0.308 e. The van der Waals surface area contributed by atoms with Crippen molar-refractivity contribution in [2.24, 2.45) is 5.92 Å². The zero-order chi connectivity index (χ0) is 15.7. The number of aromatic nitrogens is 1. The molecule has 4 nitrogen and oxygen atoms in total. The second kappa shape index (κ2) is 6.05. The maximum atomic E-state index is 11.3. The minimum atomic E-state index is -0.671. The van der Waals surface area contributed by atoms with Gasteiger partial charge >= 0.3 is 5.97 Å². The molecule has 3 rings (SSSR count). The summed E-state index contributed by atoms with van der Waals surface area (Å²) in [6.45, 7) is 5.79. The van der Waals surface area contributed by atoms with Crippen LogP contribution in [0.3, 0.4) is 0 Å². The molecule has 1 aliphatic rings. The summed E-state index contributed by atoms with van der Waals surface area (Å²) in [6.07, 6.45) is 1.74. The van der Waals surface area contributed by atoms with Crippen LogP contribution in [0.1, 0.15) is 31.0 Å². The quantitative estimate of drug-likeness (QED) is 0.945. The number of piperidine rings is 1. The molecule has 1 saturated heterocycles. The summed E-state index contributed by atoms with van der Waals surface area (Å²) in [5.41, 5.74) is 3.25. The van der Waals surface area contributed by atoms with E-state index in [0.717, 1.165) is 42.5 Å². The smallest absolute Gasteiger partial charge is 0.308 e. The standard InChI is InChI=1S/C18H22N2O2/c1-12-5-7-15-10-14(6-8-17(15)19-12)11-20-9-3-4-16(13(20)2)18(21)22/h5-8,10,13,16H,3-4,9,11H2,1-2H3,(H,21,22)/t13-,16-/m1/s1. The molecule has 1 aromatic heterocycles. The van der Waals surface area contributed by atoms with Crippen molar-refractivity contribution in [3.8, 4) is 0 Å². The molecule has 1 fully saturated rings. The average molecular weight is 298 g/mol. The van der Waals surface area contributed by atoms with Gasteiger partial charge in [-0.3, -0.25) is 14.7 Å². The first-order chi connectivity index (χ1) is 10.5. The minimum absolute atomic E-state index is 0.0816. The normalized spacial score (nSPS) is 22.8. The molecule has 1 aromatic carbocycles. The highest BCUT2D eigenvalue weighted by molar-refractivity contribution is 5.79. The number of pyridine rings is 1. The van der Waals surface area contributed by atoms with Crippen LogP contribution >= 0.6 is 0 Å². The molecule has 116 valence electrons. The molecule has 1 N–H and O–H groups in total. The summed E-state index contributed by atoms with van der Waals surface area (Å²) >= 11 is 0. The third kappa shape index (κ3) is 2.97. The lowest BCUT2D eigenvalue weighted by molar-refractivity contribution is -0.145. The SMILES string of the molecule is Cc1ccc2cc(CN3CCC[C@@H](C(=O)O)[C@H]3C)ccc2n1. The molecule has 1 aliphatic heterocycles. The van der Waals surface area contributed by atoms with Crippen LogP contribution in [0, 0.1) is 12.8 Å². The van der Waals surface area contributed by atoms with Crippen LogP contribution in [0.4, 0.5) is 0 Å². The number of benzene rings is 1. The van der Waals surface area contributed by atoms with Crippen molar-refractivity contribution in [1.82, 2.24) is 9.88 Å². The van der Waals surface area contributed by atoms with E-state index in [1.54, 1.807) is 0 Å².